The molecule has 1 aliphatic rings. The van der Waals surface area contributed by atoms with Crippen molar-refractivity contribution in [2.75, 3.05) is 13.2 Å². The molecule has 0 radical (unpaired) electrons. The lowest BCUT2D eigenvalue weighted by Gasteiger charge is -2.09. The second-order valence-corrected chi connectivity index (χ2v) is 4.26. The molecular weight excluding hydrogens is 216 g/mol. The van der Waals surface area contributed by atoms with E-state index in [2.05, 4.69) is 12.1 Å². The molecule has 2 rings (SSSR count). The van der Waals surface area contributed by atoms with E-state index >= 15 is 0 Å². The summed E-state index contributed by atoms with van der Waals surface area (Å²) in [6, 6.07) is 10.2. The summed E-state index contributed by atoms with van der Waals surface area (Å²) in [5.41, 5.74) is 1.28. The first-order valence-electron chi connectivity index (χ1n) is 6.18. The highest BCUT2D eigenvalue weighted by Gasteiger charge is 2.24. The minimum absolute atomic E-state index is 0.199. The van der Waals surface area contributed by atoms with E-state index in [0.29, 0.717) is 13.2 Å². The average Bonchev–Trinajstić information content (AvgIpc) is 2.89. The number of hydrogen-bond acceptors (Lipinski definition) is 3. The molecule has 1 aromatic carbocycles. The maximum Gasteiger partial charge on any atom is 0.335 e. The highest BCUT2D eigenvalue weighted by Crippen LogP contribution is 2.13. The molecule has 1 fully saturated rings. The second-order valence-electron chi connectivity index (χ2n) is 4.26. The number of ether oxygens (including phenoxy) is 2. The Balaban J connectivity index is 1.61. The van der Waals surface area contributed by atoms with Crippen LogP contribution in [0, 0.1) is 0 Å². The van der Waals surface area contributed by atoms with Crippen molar-refractivity contribution < 1.29 is 14.3 Å². The molecule has 0 N–H and O–H groups in total. The predicted molar refractivity (Wildman–Crippen MR) is 64.7 cm³/mol. The number of benzene rings is 1. The van der Waals surface area contributed by atoms with Crippen LogP contribution >= 0.6 is 0 Å². The van der Waals surface area contributed by atoms with Gasteiger partial charge in [0.1, 0.15) is 0 Å². The van der Waals surface area contributed by atoms with Crippen LogP contribution in [0.15, 0.2) is 30.3 Å². The lowest BCUT2D eigenvalue weighted by molar-refractivity contribution is -0.154. The standard InChI is InChI=1S/C14H18O3/c15-14(13-9-5-10-16-13)17-11-4-8-12-6-2-1-3-7-12/h1-3,6-7,13H,4-5,8-11H2. The third-order valence-corrected chi connectivity index (χ3v) is 2.89. The van der Waals surface area contributed by atoms with Gasteiger partial charge in [0.15, 0.2) is 6.10 Å². The normalized spacial score (nSPS) is 19.2. The van der Waals surface area contributed by atoms with Crippen molar-refractivity contribution >= 4 is 5.97 Å². The third-order valence-electron chi connectivity index (χ3n) is 2.89. The first kappa shape index (κ1) is 12.1. The molecule has 0 bridgehead atoms. The van der Waals surface area contributed by atoms with E-state index in [1.54, 1.807) is 0 Å². The van der Waals surface area contributed by atoms with Gasteiger partial charge < -0.3 is 9.47 Å². The topological polar surface area (TPSA) is 35.5 Å². The van der Waals surface area contributed by atoms with Gasteiger partial charge in [-0.3, -0.25) is 0 Å². The van der Waals surface area contributed by atoms with Crippen LogP contribution in [0.25, 0.3) is 0 Å². The molecule has 1 unspecified atom stereocenters. The molecule has 0 spiro atoms. The number of hydrogen-bond donors (Lipinski definition) is 0. The zero-order chi connectivity index (χ0) is 11.9. The Labute approximate surface area is 102 Å². The summed E-state index contributed by atoms with van der Waals surface area (Å²) in [6.07, 6.45) is 3.26. The van der Waals surface area contributed by atoms with Crippen molar-refractivity contribution in [1.29, 1.82) is 0 Å². The zero-order valence-corrected chi connectivity index (χ0v) is 9.93. The molecule has 1 heterocycles. The van der Waals surface area contributed by atoms with E-state index in [0.717, 1.165) is 25.7 Å². The number of carbonyl (C=O) groups is 1. The van der Waals surface area contributed by atoms with E-state index in [4.69, 9.17) is 9.47 Å². The van der Waals surface area contributed by atoms with Gasteiger partial charge in [-0.05, 0) is 31.2 Å². The maximum atomic E-state index is 11.5. The molecule has 92 valence electrons. The minimum atomic E-state index is -0.313. The van der Waals surface area contributed by atoms with Crippen LogP contribution in [0.4, 0.5) is 0 Å². The molecular formula is C14H18O3. The first-order chi connectivity index (χ1) is 8.36. The van der Waals surface area contributed by atoms with Crippen LogP contribution in [0.2, 0.25) is 0 Å². The van der Waals surface area contributed by atoms with Gasteiger partial charge in [0, 0.05) is 6.61 Å². The molecule has 0 saturated carbocycles. The van der Waals surface area contributed by atoms with Crippen LogP contribution in [0.1, 0.15) is 24.8 Å². The monoisotopic (exact) mass is 234 g/mol. The summed E-state index contributed by atoms with van der Waals surface area (Å²) < 4.78 is 10.4. The van der Waals surface area contributed by atoms with Crippen molar-refractivity contribution in [3.8, 4) is 0 Å². The van der Waals surface area contributed by atoms with Gasteiger partial charge >= 0.3 is 5.97 Å². The van der Waals surface area contributed by atoms with Gasteiger partial charge in [-0.1, -0.05) is 30.3 Å². The molecule has 3 nitrogen and oxygen atoms in total. The lowest BCUT2D eigenvalue weighted by Crippen LogP contribution is -2.22. The molecule has 1 aromatic rings. The van der Waals surface area contributed by atoms with E-state index in [1.165, 1.54) is 5.56 Å². The SMILES string of the molecule is O=C(OCCCc1ccccc1)C1CCCO1. The number of carbonyl (C=O) groups excluding carboxylic acids is 1. The van der Waals surface area contributed by atoms with Crippen LogP contribution in [-0.2, 0) is 20.7 Å². The Morgan fingerprint density at radius 3 is 2.88 bits per heavy atom. The molecule has 0 aromatic heterocycles. The van der Waals surface area contributed by atoms with Crippen molar-refractivity contribution in [3.05, 3.63) is 35.9 Å². The average molecular weight is 234 g/mol. The Bertz CT molecular complexity index is 342. The molecule has 0 amide bonds. The molecule has 0 aliphatic carbocycles. The number of aryl methyl sites for hydroxylation is 1. The molecule has 1 saturated heterocycles. The highest BCUT2D eigenvalue weighted by atomic mass is 16.6. The van der Waals surface area contributed by atoms with Gasteiger partial charge in [-0.15, -0.1) is 0 Å². The Kier molecular flexibility index (Phi) is 4.56. The number of esters is 1. The smallest absolute Gasteiger partial charge is 0.335 e. The Morgan fingerprint density at radius 2 is 2.18 bits per heavy atom. The summed E-state index contributed by atoms with van der Waals surface area (Å²) in [5.74, 6) is -0.199. The van der Waals surface area contributed by atoms with Crippen molar-refractivity contribution in [1.82, 2.24) is 0 Å². The molecule has 3 heteroatoms. The van der Waals surface area contributed by atoms with Gasteiger partial charge in [0.25, 0.3) is 0 Å². The van der Waals surface area contributed by atoms with Crippen LogP contribution in [0.3, 0.4) is 0 Å². The summed E-state index contributed by atoms with van der Waals surface area (Å²) in [7, 11) is 0. The molecule has 1 atom stereocenters. The Morgan fingerprint density at radius 1 is 1.35 bits per heavy atom. The van der Waals surface area contributed by atoms with Crippen LogP contribution in [0.5, 0.6) is 0 Å². The largest absolute Gasteiger partial charge is 0.464 e. The summed E-state index contributed by atoms with van der Waals surface area (Å²) in [6.45, 7) is 1.16. The van der Waals surface area contributed by atoms with E-state index in [9.17, 15) is 4.79 Å². The van der Waals surface area contributed by atoms with Gasteiger partial charge in [-0.2, -0.15) is 0 Å². The zero-order valence-electron chi connectivity index (χ0n) is 9.93. The summed E-state index contributed by atoms with van der Waals surface area (Å²) in [5, 5.41) is 0. The van der Waals surface area contributed by atoms with Crippen molar-refractivity contribution in [3.63, 3.8) is 0 Å². The fourth-order valence-corrected chi connectivity index (χ4v) is 1.95. The van der Waals surface area contributed by atoms with Crippen molar-refractivity contribution in [2.24, 2.45) is 0 Å². The van der Waals surface area contributed by atoms with Gasteiger partial charge in [0.2, 0.25) is 0 Å². The van der Waals surface area contributed by atoms with Crippen molar-refractivity contribution in [2.45, 2.75) is 31.8 Å². The van der Waals surface area contributed by atoms with Gasteiger partial charge in [0.05, 0.1) is 6.61 Å². The number of rotatable bonds is 5. The van der Waals surface area contributed by atoms with Crippen LogP contribution < -0.4 is 0 Å². The lowest BCUT2D eigenvalue weighted by atomic mass is 10.1. The summed E-state index contributed by atoms with van der Waals surface area (Å²) >= 11 is 0. The van der Waals surface area contributed by atoms with E-state index < -0.39 is 0 Å². The molecule has 1 aliphatic heterocycles. The van der Waals surface area contributed by atoms with Gasteiger partial charge in [-0.25, -0.2) is 4.79 Å². The van der Waals surface area contributed by atoms with E-state index in [1.807, 2.05) is 18.2 Å². The van der Waals surface area contributed by atoms with Crippen LogP contribution in [-0.4, -0.2) is 25.3 Å². The second kappa shape index (κ2) is 6.40. The third kappa shape index (κ3) is 3.86. The summed E-state index contributed by atoms with van der Waals surface area (Å²) in [4.78, 5) is 11.5. The fraction of sp³-hybridized carbons (Fsp3) is 0.500. The molecule has 17 heavy (non-hydrogen) atoms. The van der Waals surface area contributed by atoms with E-state index in [-0.39, 0.29) is 12.1 Å². The fourth-order valence-electron chi connectivity index (χ4n) is 1.95. The Hall–Kier alpha value is -1.35. The maximum absolute atomic E-state index is 11.5. The predicted octanol–water partition coefficient (Wildman–Crippen LogP) is 2.34. The highest BCUT2D eigenvalue weighted by molar-refractivity contribution is 5.74. The minimum Gasteiger partial charge on any atom is -0.464 e. The quantitative estimate of drug-likeness (QED) is 0.579. The first-order valence-corrected chi connectivity index (χ1v) is 6.18.